The molecule has 3 saturated heterocycles. The number of aryl methyl sites for hydroxylation is 1. The minimum absolute atomic E-state index is 0.208. The Morgan fingerprint density at radius 2 is 1.81 bits per heavy atom. The van der Waals surface area contributed by atoms with Crippen LogP contribution < -0.4 is 9.64 Å². The maximum atomic E-state index is 14.0. The number of anilines is 1. The van der Waals surface area contributed by atoms with Gasteiger partial charge in [-0.1, -0.05) is 43.3 Å². The standard InChI is InChI=1S/C30H28N2O4/c1-3-19-7-6-8-21(17-19)35-16-15-30-14-13-29(2,36-30)25-26(30)28(34)32(27(25)33)24-12-11-20(18-31)22-9-4-5-10-23(22)24/h4-12,17,25-26H,3,13-16H2,1-2H3/t25-,26+,29-,30-/m0/s1. The Labute approximate surface area is 210 Å². The normalized spacial score (nSPS) is 28.5. The minimum atomic E-state index is -0.717. The maximum Gasteiger partial charge on any atom is 0.240 e. The summed E-state index contributed by atoms with van der Waals surface area (Å²) >= 11 is 0. The number of ether oxygens (including phenoxy) is 2. The molecule has 3 aliphatic heterocycles. The fraction of sp³-hybridized carbons (Fsp3) is 0.367. The van der Waals surface area contributed by atoms with Gasteiger partial charge in [-0.3, -0.25) is 9.59 Å². The summed E-state index contributed by atoms with van der Waals surface area (Å²) in [6.07, 6.45) is 2.94. The van der Waals surface area contributed by atoms with Gasteiger partial charge in [-0.25, -0.2) is 4.90 Å². The van der Waals surface area contributed by atoms with Crippen molar-refractivity contribution in [1.29, 1.82) is 5.26 Å². The molecule has 0 aliphatic carbocycles. The van der Waals surface area contributed by atoms with E-state index in [-0.39, 0.29) is 11.8 Å². The summed E-state index contributed by atoms with van der Waals surface area (Å²) in [4.78, 5) is 29.1. The van der Waals surface area contributed by atoms with E-state index < -0.39 is 23.0 Å². The van der Waals surface area contributed by atoms with Crippen LogP contribution in [-0.2, 0) is 20.7 Å². The van der Waals surface area contributed by atoms with Gasteiger partial charge in [-0.2, -0.15) is 5.26 Å². The van der Waals surface area contributed by atoms with Gasteiger partial charge in [0.2, 0.25) is 11.8 Å². The lowest BCUT2D eigenvalue weighted by atomic mass is 9.67. The minimum Gasteiger partial charge on any atom is -0.493 e. The summed E-state index contributed by atoms with van der Waals surface area (Å²) in [6.45, 7) is 4.49. The molecular weight excluding hydrogens is 452 g/mol. The molecule has 3 aromatic rings. The molecule has 3 aliphatic rings. The average molecular weight is 481 g/mol. The van der Waals surface area contributed by atoms with Crippen molar-refractivity contribution in [3.63, 3.8) is 0 Å². The van der Waals surface area contributed by atoms with Crippen molar-refractivity contribution in [2.75, 3.05) is 11.5 Å². The molecule has 2 bridgehead atoms. The lowest BCUT2D eigenvalue weighted by molar-refractivity contribution is -0.131. The summed E-state index contributed by atoms with van der Waals surface area (Å²) in [5, 5.41) is 11.0. The molecule has 2 amide bonds. The van der Waals surface area contributed by atoms with Crippen LogP contribution in [-0.4, -0.2) is 29.6 Å². The number of imide groups is 1. The molecule has 36 heavy (non-hydrogen) atoms. The van der Waals surface area contributed by atoms with Gasteiger partial charge in [0.1, 0.15) is 5.75 Å². The molecule has 0 saturated carbocycles. The summed E-state index contributed by atoms with van der Waals surface area (Å²) < 4.78 is 12.6. The van der Waals surface area contributed by atoms with Gasteiger partial charge in [0.25, 0.3) is 0 Å². The third kappa shape index (κ3) is 3.19. The summed E-state index contributed by atoms with van der Waals surface area (Å²) in [5.74, 6) is -0.669. The highest BCUT2D eigenvalue weighted by Gasteiger charge is 2.73. The number of benzene rings is 3. The zero-order valence-electron chi connectivity index (χ0n) is 20.5. The number of rotatable bonds is 6. The Morgan fingerprint density at radius 3 is 2.58 bits per heavy atom. The first kappa shape index (κ1) is 22.8. The van der Waals surface area contributed by atoms with Crippen LogP contribution in [0.25, 0.3) is 10.8 Å². The Kier molecular flexibility index (Phi) is 5.17. The lowest BCUT2D eigenvalue weighted by Crippen LogP contribution is -2.43. The number of amides is 2. The van der Waals surface area contributed by atoms with Crippen LogP contribution in [0.5, 0.6) is 5.75 Å². The quantitative estimate of drug-likeness (QED) is 0.455. The van der Waals surface area contributed by atoms with Crippen LogP contribution in [0.3, 0.4) is 0 Å². The predicted octanol–water partition coefficient (Wildman–Crippen LogP) is 5.17. The first-order valence-corrected chi connectivity index (χ1v) is 12.6. The SMILES string of the molecule is CCc1cccc(OCC[C@]23CC[C@](C)(O2)[C@@H]2C(=O)N(c4ccc(C#N)c5ccccc45)C(=O)[C@@H]23)c1. The second-order valence-corrected chi connectivity index (χ2v) is 10.3. The van der Waals surface area contributed by atoms with E-state index in [0.717, 1.165) is 35.8 Å². The smallest absolute Gasteiger partial charge is 0.240 e. The third-order valence-corrected chi connectivity index (χ3v) is 8.37. The zero-order chi connectivity index (χ0) is 25.1. The van der Waals surface area contributed by atoms with E-state index in [2.05, 4.69) is 19.1 Å². The fourth-order valence-corrected chi connectivity index (χ4v) is 6.62. The van der Waals surface area contributed by atoms with Crippen molar-refractivity contribution in [3.05, 3.63) is 71.8 Å². The summed E-state index contributed by atoms with van der Waals surface area (Å²) in [6, 6.07) is 21.1. The van der Waals surface area contributed by atoms with E-state index >= 15 is 0 Å². The molecule has 6 nitrogen and oxygen atoms in total. The van der Waals surface area contributed by atoms with Crippen molar-refractivity contribution in [2.45, 2.75) is 50.7 Å². The first-order valence-electron chi connectivity index (χ1n) is 12.6. The molecule has 0 radical (unpaired) electrons. The second-order valence-electron chi connectivity index (χ2n) is 10.3. The van der Waals surface area contributed by atoms with Crippen LogP contribution in [0.2, 0.25) is 0 Å². The molecular formula is C30H28N2O4. The van der Waals surface area contributed by atoms with Gasteiger partial charge < -0.3 is 9.47 Å². The van der Waals surface area contributed by atoms with Gasteiger partial charge in [-0.15, -0.1) is 0 Å². The highest BCUT2D eigenvalue weighted by atomic mass is 16.5. The number of carbonyl (C=O) groups is 2. The largest absolute Gasteiger partial charge is 0.493 e. The Morgan fingerprint density at radius 1 is 1.03 bits per heavy atom. The zero-order valence-corrected chi connectivity index (χ0v) is 20.5. The molecule has 0 aromatic heterocycles. The van der Waals surface area contributed by atoms with E-state index in [0.29, 0.717) is 24.3 Å². The van der Waals surface area contributed by atoms with Crippen molar-refractivity contribution in [1.82, 2.24) is 0 Å². The van der Waals surface area contributed by atoms with Crippen molar-refractivity contribution in [2.24, 2.45) is 11.8 Å². The highest BCUT2D eigenvalue weighted by Crippen LogP contribution is 2.62. The molecule has 0 unspecified atom stereocenters. The number of nitriles is 1. The van der Waals surface area contributed by atoms with Crippen LogP contribution in [0.15, 0.2) is 60.7 Å². The molecule has 3 fully saturated rings. The van der Waals surface area contributed by atoms with Crippen molar-refractivity contribution in [3.8, 4) is 11.8 Å². The van der Waals surface area contributed by atoms with Crippen molar-refractivity contribution < 1.29 is 19.1 Å². The maximum absolute atomic E-state index is 14.0. The fourth-order valence-electron chi connectivity index (χ4n) is 6.62. The third-order valence-electron chi connectivity index (χ3n) is 8.37. The van der Waals surface area contributed by atoms with Crippen LogP contribution >= 0.6 is 0 Å². The Bertz CT molecular complexity index is 1440. The molecule has 3 aromatic carbocycles. The van der Waals surface area contributed by atoms with E-state index in [1.165, 1.54) is 10.5 Å². The predicted molar refractivity (Wildman–Crippen MR) is 136 cm³/mol. The molecule has 6 heteroatoms. The topological polar surface area (TPSA) is 79.6 Å². The van der Waals surface area contributed by atoms with Crippen LogP contribution in [0.4, 0.5) is 5.69 Å². The summed E-state index contributed by atoms with van der Waals surface area (Å²) in [5.41, 5.74) is 0.880. The van der Waals surface area contributed by atoms with Crippen LogP contribution in [0.1, 0.15) is 44.2 Å². The molecule has 3 heterocycles. The van der Waals surface area contributed by atoms with E-state index in [1.54, 1.807) is 12.1 Å². The second kappa shape index (κ2) is 8.18. The van der Waals surface area contributed by atoms with E-state index in [1.807, 2.05) is 49.4 Å². The number of nitrogens with zero attached hydrogens (tertiary/aromatic N) is 2. The molecule has 0 N–H and O–H groups in total. The Balaban J connectivity index is 1.32. The first-order chi connectivity index (χ1) is 17.4. The van der Waals surface area contributed by atoms with Gasteiger partial charge in [0.15, 0.2) is 0 Å². The number of carbonyl (C=O) groups excluding carboxylic acids is 2. The van der Waals surface area contributed by atoms with Gasteiger partial charge in [0, 0.05) is 17.2 Å². The van der Waals surface area contributed by atoms with Gasteiger partial charge >= 0.3 is 0 Å². The van der Waals surface area contributed by atoms with E-state index in [4.69, 9.17) is 9.47 Å². The molecule has 0 spiro atoms. The van der Waals surface area contributed by atoms with Crippen LogP contribution in [0, 0.1) is 23.2 Å². The summed E-state index contributed by atoms with van der Waals surface area (Å²) in [7, 11) is 0. The van der Waals surface area contributed by atoms with Crippen molar-refractivity contribution >= 4 is 28.3 Å². The number of hydrogen-bond donors (Lipinski definition) is 0. The molecule has 182 valence electrons. The van der Waals surface area contributed by atoms with Gasteiger partial charge in [-0.05, 0) is 56.0 Å². The van der Waals surface area contributed by atoms with E-state index in [9.17, 15) is 14.9 Å². The number of fused-ring (bicyclic) bond motifs is 6. The Hall–Kier alpha value is -3.69. The molecule has 6 rings (SSSR count). The monoisotopic (exact) mass is 480 g/mol. The molecule has 4 atom stereocenters. The number of hydrogen-bond acceptors (Lipinski definition) is 5. The lowest BCUT2D eigenvalue weighted by Gasteiger charge is -2.31. The van der Waals surface area contributed by atoms with Gasteiger partial charge in [0.05, 0.1) is 47.0 Å². The average Bonchev–Trinajstić information content (AvgIpc) is 3.48. The highest BCUT2D eigenvalue weighted by molar-refractivity contribution is 6.26.